The minimum atomic E-state index is -5.63. The van der Waals surface area contributed by atoms with E-state index in [-0.39, 0.29) is 0 Å². The Balaban J connectivity index is 0.921. The fraction of sp³-hybridized carbons (Fsp3) is 0.935. The number of hydrogen-bond donors (Lipinski definition) is 30. The first kappa shape index (κ1) is 96.2. The average molecular weight is 1720 g/mol. The first-order valence-electron chi connectivity index (χ1n) is 36.4. The highest BCUT2D eigenvalue weighted by Crippen LogP contribution is 2.42. The number of phosphoric acid groups is 1. The van der Waals surface area contributed by atoms with Crippen LogP contribution >= 0.6 is 7.82 Å². The molecule has 9 rings (SSSR count). The van der Waals surface area contributed by atoms with E-state index in [0.29, 0.717) is 0 Å². The van der Waals surface area contributed by atoms with Crippen molar-refractivity contribution in [1.29, 1.82) is 0 Å². The molecule has 0 aromatic heterocycles. The molecule has 9 saturated heterocycles. The summed E-state index contributed by atoms with van der Waals surface area (Å²) in [6.45, 7) is -6.38. The zero-order valence-corrected chi connectivity index (χ0v) is 62.7. The molecule has 30 N–H and O–H groups in total. The maximum absolute atomic E-state index is 13.2. The van der Waals surface area contributed by atoms with Gasteiger partial charge in [0.2, 0.25) is 23.6 Å². The van der Waals surface area contributed by atoms with Crippen molar-refractivity contribution in [3.63, 3.8) is 0 Å². The van der Waals surface area contributed by atoms with Crippen molar-refractivity contribution in [2.45, 2.75) is 304 Å². The van der Waals surface area contributed by atoms with Crippen LogP contribution in [0.15, 0.2) is 0 Å². The Morgan fingerprint density at radius 2 is 0.474 bits per heavy atom. The van der Waals surface area contributed by atoms with Gasteiger partial charge in [-0.1, -0.05) is 0 Å². The summed E-state index contributed by atoms with van der Waals surface area (Å²) in [6.07, 6.45) is -85.3. The van der Waals surface area contributed by atoms with Crippen LogP contribution in [0.5, 0.6) is 0 Å². The molecule has 9 aliphatic heterocycles. The molecule has 0 spiro atoms. The molecular weight excluding hydrogens is 1620 g/mol. The predicted octanol–water partition coefficient (Wildman–Crippen LogP) is -19.9. The van der Waals surface area contributed by atoms with Crippen molar-refractivity contribution in [3.05, 3.63) is 0 Å². The number of nitrogens with one attached hydrogen (secondary N) is 4. The van der Waals surface area contributed by atoms with Crippen LogP contribution in [0.1, 0.15) is 27.7 Å². The molecule has 116 heavy (non-hydrogen) atoms. The molecule has 0 radical (unpaired) electrons. The van der Waals surface area contributed by atoms with E-state index in [9.17, 15) is 156 Å². The zero-order chi connectivity index (χ0) is 85.7. The maximum Gasteiger partial charge on any atom is 0.469 e. The second-order valence-corrected chi connectivity index (χ2v) is 30.0. The predicted molar refractivity (Wildman–Crippen MR) is 354 cm³/mol. The van der Waals surface area contributed by atoms with Crippen molar-refractivity contribution < 1.29 is 241 Å². The summed E-state index contributed by atoms with van der Waals surface area (Å²) in [4.78, 5) is 71.2. The van der Waals surface area contributed by atoms with Gasteiger partial charge in [-0.05, 0) is 0 Å². The van der Waals surface area contributed by atoms with E-state index in [1.807, 2.05) is 0 Å². The minimum Gasteiger partial charge on any atom is -0.394 e. The fourth-order valence-electron chi connectivity index (χ4n) is 14.8. The quantitative estimate of drug-likeness (QED) is 0.0287. The highest BCUT2D eigenvalue weighted by molar-refractivity contribution is 7.46. The highest BCUT2D eigenvalue weighted by atomic mass is 31.2. The lowest BCUT2D eigenvalue weighted by Crippen LogP contribution is -2.71. The van der Waals surface area contributed by atoms with Gasteiger partial charge in [-0.2, -0.15) is 0 Å². The molecule has 0 unspecified atom stereocenters. The van der Waals surface area contributed by atoms with E-state index in [1.165, 1.54) is 0 Å². The third-order valence-electron chi connectivity index (χ3n) is 20.6. The molecule has 9 fully saturated rings. The van der Waals surface area contributed by atoms with Gasteiger partial charge in [-0.25, -0.2) is 4.57 Å². The summed E-state index contributed by atoms with van der Waals surface area (Å²) in [6, 6.07) is -7.53. The summed E-state index contributed by atoms with van der Waals surface area (Å²) in [5.74, 6) is -3.75. The lowest BCUT2D eigenvalue weighted by Gasteiger charge is -2.51. The number of hydrogen-bond acceptors (Lipinski definition) is 47. The number of phosphoric ester groups is 1. The Labute approximate surface area is 655 Å². The second-order valence-electron chi connectivity index (χ2n) is 28.7. The summed E-state index contributed by atoms with van der Waals surface area (Å²) in [5.41, 5.74) is 0. The zero-order valence-electron chi connectivity index (χ0n) is 61.8. The van der Waals surface area contributed by atoms with E-state index in [4.69, 9.17) is 85.1 Å². The number of rotatable bonds is 31. The smallest absolute Gasteiger partial charge is 0.394 e. The molecular formula is C62H105N4O49P. The number of aliphatic hydroxyl groups excluding tert-OH is 24. The lowest BCUT2D eigenvalue weighted by molar-refractivity contribution is -0.387. The molecule has 672 valence electrons. The Morgan fingerprint density at radius 1 is 0.259 bits per heavy atom. The molecule has 45 atom stereocenters. The number of amides is 4. The standard InChI is InChI=1S/C62H105N4O49P/c1-14(75)63-27-35(83)31(79)18(5-67)100-55(27)108-47-23(10-72)105-60(43(91)38(47)86)114-52-30(66-17(4)78)58(103-21(8-70)33(52)81)111-50-26(13-98-116(95,96)97)107-62(45(93)40(50)88)115-53-29(65-16(3)77)57(102-20(7-69)34(53)82)110-49-25(12-74)106-61(44(92)39(49)87)113-51-28(64-15(2)76)56(101-19(6-68)32(51)80)109-48-24(11-73)104-59(42(90)37(48)85)112-46-22(9-71)99-54(94)41(89)36(46)84/h18-62,67-74,79-94H,5-13H2,1-4H3,(H,63,75)(H,64,76)(H,65,77)(H,66,78)(H2,95,96,97)/t18-,19-,20-,21-,22-,23-,24-,25-,26-,27-,28-,29-,30-,31-,32-,33-,34-,35-,36-,37-,38-,39-,40-,41+,42+,43+,44+,45+,46-,47-,48-,49-,50-,51-,52-,53-,54-,55+,56+,57+,58+,59+,60+,61+,62+/m1/s1. The normalized spacial score (nSPS) is 47.8. The fourth-order valence-corrected chi connectivity index (χ4v) is 15.1. The average Bonchev–Trinajstić information content (AvgIpc) is 0.760. The van der Waals surface area contributed by atoms with Gasteiger partial charge in [0.15, 0.2) is 56.6 Å². The maximum atomic E-state index is 13.2. The van der Waals surface area contributed by atoms with Gasteiger partial charge in [-0.3, -0.25) is 23.7 Å². The van der Waals surface area contributed by atoms with E-state index in [2.05, 4.69) is 21.3 Å². The molecule has 9 heterocycles. The number of aliphatic hydroxyl groups is 24. The van der Waals surface area contributed by atoms with Crippen LogP contribution in [0, 0.1) is 0 Å². The van der Waals surface area contributed by atoms with Crippen molar-refractivity contribution in [2.75, 3.05) is 59.5 Å². The Hall–Kier alpha value is -3.65. The van der Waals surface area contributed by atoms with Crippen LogP contribution in [-0.4, -0.2) is 492 Å². The third-order valence-corrected chi connectivity index (χ3v) is 21.1. The van der Waals surface area contributed by atoms with E-state index in [1.54, 1.807) is 0 Å². The highest BCUT2D eigenvalue weighted by Gasteiger charge is 2.62. The molecule has 0 bridgehead atoms. The Bertz CT molecular complexity index is 3160. The van der Waals surface area contributed by atoms with Crippen LogP contribution in [0.2, 0.25) is 0 Å². The van der Waals surface area contributed by atoms with Crippen molar-refractivity contribution in [3.8, 4) is 0 Å². The topological polar surface area (TPSA) is 826 Å². The van der Waals surface area contributed by atoms with Gasteiger partial charge in [0, 0.05) is 27.7 Å². The molecule has 9 aliphatic rings. The number of ether oxygens (including phenoxy) is 17. The first-order valence-corrected chi connectivity index (χ1v) is 37.9. The van der Waals surface area contributed by atoms with Crippen molar-refractivity contribution >= 4 is 31.5 Å². The first-order chi connectivity index (χ1) is 54.7. The molecule has 0 aromatic carbocycles. The third kappa shape index (κ3) is 21.7. The SMILES string of the molecule is CC(=O)N[C@H]1[C@H](O[C@H]2[C@H](O)[C@H](O)[C@H](O[C@H]3[C@H](O)[C@@H](CO)O[C@@H](O[C@H]4[C@H](O)[C@H](O)[C@H](O[C@H]5[C@H](O)[C@@H](CO)O[C@@H](O[C@H]6[C@H](O)[C@H](O)[C@H](O[C@H]7[C@H](O)[C@@H](CO)O[C@@H](O[C@H]8[C@H](O)[C@H](O)[C@H](O[C@H]9[C@H](O)[C@H](O)[C@H](O)O[C@@H]9CO)O[C@@H]8CO)[C@@H]7NC(C)=O)O[C@@H]6CO)[C@@H]5NC(C)=O)O[C@@H]4COP(=O)(O)O)[C@@H]3NC(C)=O)O[C@@H]2CO)O[C@H](CO)[C@@H](O)[C@@H]1O. The molecule has 4 amide bonds. The summed E-state index contributed by atoms with van der Waals surface area (Å²) >= 11 is 0. The van der Waals surface area contributed by atoms with Crippen molar-refractivity contribution in [1.82, 2.24) is 21.3 Å². The van der Waals surface area contributed by atoms with Gasteiger partial charge >= 0.3 is 7.82 Å². The Kier molecular flexibility index (Phi) is 34.6. The molecule has 0 saturated carbocycles. The minimum absolute atomic E-state index is 0.791. The largest absolute Gasteiger partial charge is 0.469 e. The lowest BCUT2D eigenvalue weighted by atomic mass is 9.93. The number of carbonyl (C=O) groups excluding carboxylic acids is 4. The monoisotopic (exact) mass is 1720 g/mol. The molecule has 0 aromatic rings. The second kappa shape index (κ2) is 41.7. The molecule has 53 nitrogen and oxygen atoms in total. The van der Waals surface area contributed by atoms with Crippen LogP contribution in [0.25, 0.3) is 0 Å². The number of carbonyl (C=O) groups is 4. The van der Waals surface area contributed by atoms with Crippen LogP contribution in [0.4, 0.5) is 0 Å². The van der Waals surface area contributed by atoms with Crippen LogP contribution < -0.4 is 21.3 Å². The summed E-state index contributed by atoms with van der Waals surface area (Å²) < 4.78 is 116. The van der Waals surface area contributed by atoms with Gasteiger partial charge in [-0.15, -0.1) is 0 Å². The van der Waals surface area contributed by atoms with Gasteiger partial charge < -0.3 is 234 Å². The van der Waals surface area contributed by atoms with Gasteiger partial charge in [0.1, 0.15) is 219 Å². The van der Waals surface area contributed by atoms with E-state index < -0.39 is 367 Å². The van der Waals surface area contributed by atoms with Crippen molar-refractivity contribution in [2.24, 2.45) is 0 Å². The Morgan fingerprint density at radius 3 is 0.750 bits per heavy atom. The van der Waals surface area contributed by atoms with E-state index in [0.717, 1.165) is 27.7 Å². The van der Waals surface area contributed by atoms with E-state index >= 15 is 0 Å². The van der Waals surface area contributed by atoms with Gasteiger partial charge in [0.05, 0.1) is 59.5 Å². The van der Waals surface area contributed by atoms with Crippen LogP contribution in [-0.2, 0) is 109 Å². The van der Waals surface area contributed by atoms with Crippen LogP contribution in [0.3, 0.4) is 0 Å². The molecule has 54 heteroatoms. The van der Waals surface area contributed by atoms with Gasteiger partial charge in [0.25, 0.3) is 0 Å². The summed E-state index contributed by atoms with van der Waals surface area (Å²) in [7, 11) is -5.63. The molecule has 0 aliphatic carbocycles. The summed E-state index contributed by atoms with van der Waals surface area (Å²) in [5, 5.41) is 274.